The lowest BCUT2D eigenvalue weighted by molar-refractivity contribution is -0.253. The van der Waals surface area contributed by atoms with Crippen LogP contribution in [0.3, 0.4) is 0 Å². The predicted molar refractivity (Wildman–Crippen MR) is 19.5 cm³/mol. The van der Waals surface area contributed by atoms with E-state index in [1.165, 1.54) is 0 Å². The predicted octanol–water partition coefficient (Wildman–Crippen LogP) is -0.518. The van der Waals surface area contributed by atoms with Gasteiger partial charge in [-0.2, -0.15) is 13.2 Å². The molecule has 0 aromatic carbocycles. The second-order valence-electron chi connectivity index (χ2n) is 1.26. The molecule has 0 saturated carbocycles. The van der Waals surface area contributed by atoms with Crippen molar-refractivity contribution in [3.8, 4) is 0 Å². The fourth-order valence-corrected chi connectivity index (χ4v) is 0.172. The highest BCUT2D eigenvalue weighted by Crippen LogP contribution is 2.11. The lowest BCUT2D eigenvalue weighted by Gasteiger charge is -2.08. The maximum atomic E-state index is 11.1. The summed E-state index contributed by atoms with van der Waals surface area (Å²) in [6.45, 7) is -1.56. The van der Waals surface area contributed by atoms with E-state index in [2.05, 4.69) is 0 Å². The van der Waals surface area contributed by atoms with Crippen molar-refractivity contribution in [2.24, 2.45) is 0 Å². The fourth-order valence-electron chi connectivity index (χ4n) is 0.172. The summed E-state index contributed by atoms with van der Waals surface area (Å²) >= 11 is 0. The van der Waals surface area contributed by atoms with Crippen LogP contribution in [-0.2, 0) is 0 Å². The molecule has 6 heteroatoms. The number of nitrogens with one attached hydrogen (secondary N) is 1. The van der Waals surface area contributed by atoms with Crippen LogP contribution in [0.1, 0.15) is 0 Å². The molecule has 0 aliphatic carbocycles. The van der Waals surface area contributed by atoms with Crippen molar-refractivity contribution in [1.29, 1.82) is 0 Å². The smallest absolute Gasteiger partial charge is 0.405 e. The Kier molecular flexibility index (Phi) is 2.29. The zero-order chi connectivity index (χ0) is 7.49. The highest BCUT2D eigenvalue weighted by Gasteiger charge is 2.26. The van der Waals surface area contributed by atoms with Crippen molar-refractivity contribution in [2.45, 2.75) is 6.18 Å². The number of halogens is 3. The Morgan fingerprint density at radius 3 is 2.11 bits per heavy atom. The first-order valence-corrected chi connectivity index (χ1v) is 1.93. The van der Waals surface area contributed by atoms with E-state index in [-0.39, 0.29) is 0 Å². The maximum absolute atomic E-state index is 11.1. The summed E-state index contributed by atoms with van der Waals surface area (Å²) in [7, 11) is 0. The number of hydrogen-bond donors (Lipinski definition) is 1. The summed E-state index contributed by atoms with van der Waals surface area (Å²) in [5.41, 5.74) is 0. The largest absolute Gasteiger partial charge is 0.530 e. The van der Waals surface area contributed by atoms with E-state index >= 15 is 0 Å². The minimum atomic E-state index is -4.50. The molecule has 0 aliphatic heterocycles. The molecule has 0 saturated heterocycles. The molecule has 3 nitrogen and oxygen atoms in total. The zero-order valence-corrected chi connectivity index (χ0v) is 4.16. The third-order valence-electron chi connectivity index (χ3n) is 0.433. The lowest BCUT2D eigenvalue weighted by Crippen LogP contribution is -2.41. The van der Waals surface area contributed by atoms with Crippen molar-refractivity contribution in [2.75, 3.05) is 6.54 Å². The summed E-state index contributed by atoms with van der Waals surface area (Å²) in [4.78, 5) is 9.32. The number of alkyl halides is 3. The van der Waals surface area contributed by atoms with Crippen LogP contribution in [0, 0.1) is 0 Å². The van der Waals surface area contributed by atoms with Crippen molar-refractivity contribution < 1.29 is 23.1 Å². The van der Waals surface area contributed by atoms with Crippen LogP contribution >= 0.6 is 0 Å². The van der Waals surface area contributed by atoms with E-state index in [1.54, 1.807) is 0 Å². The molecular formula is C3H3F3NO2-. The first kappa shape index (κ1) is 8.06. The van der Waals surface area contributed by atoms with Gasteiger partial charge in [0.05, 0.1) is 0 Å². The summed E-state index contributed by atoms with van der Waals surface area (Å²) in [6, 6.07) is 0. The van der Waals surface area contributed by atoms with Crippen molar-refractivity contribution in [3.63, 3.8) is 0 Å². The van der Waals surface area contributed by atoms with Crippen molar-refractivity contribution in [1.82, 2.24) is 5.32 Å². The van der Waals surface area contributed by atoms with Crippen LogP contribution in [0.15, 0.2) is 0 Å². The van der Waals surface area contributed by atoms with Gasteiger partial charge in [0.25, 0.3) is 0 Å². The van der Waals surface area contributed by atoms with E-state index in [1.807, 2.05) is 0 Å². The minimum absolute atomic E-state index is 1.07. The molecule has 9 heavy (non-hydrogen) atoms. The van der Waals surface area contributed by atoms with Gasteiger partial charge in [0.2, 0.25) is 0 Å². The minimum Gasteiger partial charge on any atom is -0.530 e. The third-order valence-corrected chi connectivity index (χ3v) is 0.433. The Labute approximate surface area is 48.5 Å². The van der Waals surface area contributed by atoms with Crippen LogP contribution in [0.5, 0.6) is 0 Å². The van der Waals surface area contributed by atoms with Crippen LogP contribution in [0.4, 0.5) is 18.0 Å². The van der Waals surface area contributed by atoms with Gasteiger partial charge in [0.15, 0.2) is 0 Å². The average Bonchev–Trinajstić information content (AvgIpc) is 1.59. The molecule has 0 unspecified atom stereocenters. The topological polar surface area (TPSA) is 52.2 Å². The molecule has 0 radical (unpaired) electrons. The molecule has 0 heterocycles. The van der Waals surface area contributed by atoms with E-state index < -0.39 is 18.8 Å². The second-order valence-corrected chi connectivity index (χ2v) is 1.26. The quantitative estimate of drug-likeness (QED) is 0.535. The summed E-state index contributed by atoms with van der Waals surface area (Å²) in [5.74, 6) is 0. The molecule has 1 amide bonds. The van der Waals surface area contributed by atoms with Crippen LogP contribution in [0.25, 0.3) is 0 Å². The standard InChI is InChI=1S/C3H4F3NO2/c4-3(5,6)1-7-2(8)9/h7H,1H2,(H,8,9)/p-1. The van der Waals surface area contributed by atoms with E-state index in [9.17, 15) is 23.1 Å². The second kappa shape index (κ2) is 2.56. The van der Waals surface area contributed by atoms with E-state index in [0.717, 1.165) is 5.32 Å². The number of rotatable bonds is 1. The Morgan fingerprint density at radius 1 is 1.56 bits per heavy atom. The lowest BCUT2D eigenvalue weighted by atomic mass is 10.6. The van der Waals surface area contributed by atoms with Gasteiger partial charge in [-0.3, -0.25) is 0 Å². The summed E-state index contributed by atoms with van der Waals surface area (Å²) in [6.07, 6.45) is -6.42. The third kappa shape index (κ3) is 7.06. The SMILES string of the molecule is O=C([O-])NCC(F)(F)F. The average molecular weight is 142 g/mol. The molecule has 0 rings (SSSR count). The first-order valence-electron chi connectivity index (χ1n) is 1.93. The van der Waals surface area contributed by atoms with Gasteiger partial charge < -0.3 is 15.2 Å². The van der Waals surface area contributed by atoms with Gasteiger partial charge in [-0.15, -0.1) is 0 Å². The molecule has 0 aliphatic rings. The molecule has 0 atom stereocenters. The fraction of sp³-hybridized carbons (Fsp3) is 0.667. The van der Waals surface area contributed by atoms with Gasteiger partial charge in [-0.1, -0.05) is 0 Å². The number of hydrogen-bond acceptors (Lipinski definition) is 2. The van der Waals surface area contributed by atoms with Crippen LogP contribution in [0.2, 0.25) is 0 Å². The number of carboxylic acid groups (broad SMARTS) is 1. The Balaban J connectivity index is 3.39. The molecule has 0 aromatic rings. The van der Waals surface area contributed by atoms with Crippen LogP contribution < -0.4 is 10.4 Å². The van der Waals surface area contributed by atoms with Gasteiger partial charge in [0, 0.05) is 0 Å². The highest BCUT2D eigenvalue weighted by atomic mass is 19.4. The Hall–Kier alpha value is -0.940. The number of amides is 1. The van der Waals surface area contributed by atoms with Gasteiger partial charge in [-0.05, 0) is 0 Å². The van der Waals surface area contributed by atoms with Gasteiger partial charge in [-0.25, -0.2) is 0 Å². The summed E-state index contributed by atoms with van der Waals surface area (Å²) < 4.78 is 33.2. The molecule has 0 bridgehead atoms. The van der Waals surface area contributed by atoms with Crippen LogP contribution in [-0.4, -0.2) is 18.8 Å². The Bertz CT molecular complexity index is 110. The maximum Gasteiger partial charge on any atom is 0.405 e. The van der Waals surface area contributed by atoms with Gasteiger partial charge >= 0.3 is 6.18 Å². The number of carbonyl (C=O) groups excluding carboxylic acids is 1. The number of carbonyl (C=O) groups is 1. The molecule has 0 spiro atoms. The van der Waals surface area contributed by atoms with E-state index in [0.29, 0.717) is 0 Å². The van der Waals surface area contributed by atoms with E-state index in [4.69, 9.17) is 0 Å². The molecule has 0 fully saturated rings. The molecule has 1 N–H and O–H groups in total. The monoisotopic (exact) mass is 142 g/mol. The molecule has 0 aromatic heterocycles. The van der Waals surface area contributed by atoms with Crippen molar-refractivity contribution in [3.05, 3.63) is 0 Å². The zero-order valence-electron chi connectivity index (χ0n) is 4.16. The van der Waals surface area contributed by atoms with Gasteiger partial charge in [0.1, 0.15) is 12.6 Å². The normalized spacial score (nSPS) is 11.0. The van der Waals surface area contributed by atoms with Crippen molar-refractivity contribution >= 4 is 6.09 Å². The first-order chi connectivity index (χ1) is 3.92. The molecule has 54 valence electrons. The summed E-state index contributed by atoms with van der Waals surface area (Å²) in [5, 5.41) is 10.4. The highest BCUT2D eigenvalue weighted by molar-refractivity contribution is 5.61. The Morgan fingerprint density at radius 2 is 2.00 bits per heavy atom. The molecular weight excluding hydrogens is 139 g/mol.